The van der Waals surface area contributed by atoms with Crippen LogP contribution in [-0.4, -0.2) is 30.1 Å². The van der Waals surface area contributed by atoms with Crippen LogP contribution in [0.15, 0.2) is 18.2 Å². The third-order valence-electron chi connectivity index (χ3n) is 4.79. The molecule has 1 saturated heterocycles. The van der Waals surface area contributed by atoms with Crippen molar-refractivity contribution in [3.63, 3.8) is 0 Å². The van der Waals surface area contributed by atoms with Gasteiger partial charge in [0.15, 0.2) is 0 Å². The van der Waals surface area contributed by atoms with Crippen molar-refractivity contribution in [3.05, 3.63) is 33.8 Å². The minimum Gasteiger partial charge on any atom is -0.311 e. The lowest BCUT2D eigenvalue weighted by atomic mass is 9.94. The molecule has 0 spiro atoms. The average molecular weight is 329 g/mol. The van der Waals surface area contributed by atoms with Crippen LogP contribution in [0.1, 0.15) is 39.2 Å². The van der Waals surface area contributed by atoms with E-state index < -0.39 is 0 Å². The summed E-state index contributed by atoms with van der Waals surface area (Å²) in [6.45, 7) is 9.78. The largest absolute Gasteiger partial charge is 0.311 e. The molecule has 0 saturated carbocycles. The summed E-state index contributed by atoms with van der Waals surface area (Å²) < 4.78 is 0. The standard InChI is InChI=1S/C17H26Cl2N2/c1-4-12(3)17-11-21(13(5-2)9-20-17)10-14-15(18)7-6-8-16(14)19/h6-8,12-13,17,20H,4-5,9-11H2,1-3H3. The van der Waals surface area contributed by atoms with Crippen molar-refractivity contribution < 1.29 is 0 Å². The normalized spacial score (nSPS) is 25.0. The van der Waals surface area contributed by atoms with Gasteiger partial charge in [0, 0.05) is 47.3 Å². The van der Waals surface area contributed by atoms with Gasteiger partial charge >= 0.3 is 0 Å². The molecule has 2 nitrogen and oxygen atoms in total. The van der Waals surface area contributed by atoms with Crippen molar-refractivity contribution in [1.29, 1.82) is 0 Å². The summed E-state index contributed by atoms with van der Waals surface area (Å²) in [4.78, 5) is 2.54. The maximum absolute atomic E-state index is 6.34. The SMILES string of the molecule is CCC(C)C1CN(Cc2c(Cl)cccc2Cl)C(CC)CN1. The second-order valence-electron chi connectivity index (χ2n) is 6.09. The fourth-order valence-electron chi connectivity index (χ4n) is 3.03. The van der Waals surface area contributed by atoms with Crippen LogP contribution in [0.4, 0.5) is 0 Å². The predicted molar refractivity (Wildman–Crippen MR) is 92.2 cm³/mol. The van der Waals surface area contributed by atoms with E-state index in [4.69, 9.17) is 23.2 Å². The Morgan fingerprint density at radius 3 is 2.52 bits per heavy atom. The number of benzene rings is 1. The molecule has 0 aromatic heterocycles. The summed E-state index contributed by atoms with van der Waals surface area (Å²) in [5.74, 6) is 0.687. The Balaban J connectivity index is 2.14. The van der Waals surface area contributed by atoms with E-state index in [1.807, 2.05) is 18.2 Å². The summed E-state index contributed by atoms with van der Waals surface area (Å²) in [5.41, 5.74) is 1.06. The molecule has 1 aromatic rings. The Hall–Kier alpha value is -0.280. The zero-order valence-corrected chi connectivity index (χ0v) is 14.7. The first-order valence-electron chi connectivity index (χ1n) is 7.97. The summed E-state index contributed by atoms with van der Waals surface area (Å²) in [6.07, 6.45) is 2.34. The fraction of sp³-hybridized carbons (Fsp3) is 0.647. The molecule has 118 valence electrons. The Morgan fingerprint density at radius 2 is 1.95 bits per heavy atom. The Bertz CT molecular complexity index is 444. The maximum Gasteiger partial charge on any atom is 0.0465 e. The minimum absolute atomic E-state index is 0.553. The molecule has 0 amide bonds. The van der Waals surface area contributed by atoms with Crippen LogP contribution in [0.2, 0.25) is 10.0 Å². The zero-order valence-electron chi connectivity index (χ0n) is 13.2. The minimum atomic E-state index is 0.553. The summed E-state index contributed by atoms with van der Waals surface area (Å²) in [7, 11) is 0. The van der Waals surface area contributed by atoms with Crippen LogP contribution in [-0.2, 0) is 6.54 Å². The summed E-state index contributed by atoms with van der Waals surface area (Å²) >= 11 is 12.7. The van der Waals surface area contributed by atoms with Crippen LogP contribution >= 0.6 is 23.2 Å². The number of nitrogens with one attached hydrogen (secondary N) is 1. The van der Waals surface area contributed by atoms with E-state index in [9.17, 15) is 0 Å². The number of piperazine rings is 1. The van der Waals surface area contributed by atoms with Crippen LogP contribution in [0, 0.1) is 5.92 Å². The molecule has 21 heavy (non-hydrogen) atoms. The number of nitrogens with zero attached hydrogens (tertiary/aromatic N) is 1. The number of halogens is 2. The Labute approximate surface area is 138 Å². The van der Waals surface area contributed by atoms with Gasteiger partial charge in [0.1, 0.15) is 0 Å². The van der Waals surface area contributed by atoms with E-state index in [0.29, 0.717) is 18.0 Å². The molecule has 0 aliphatic carbocycles. The van der Waals surface area contributed by atoms with Gasteiger partial charge < -0.3 is 5.32 Å². The number of hydrogen-bond donors (Lipinski definition) is 1. The first kappa shape index (κ1) is 17.1. The molecule has 1 aliphatic rings. The van der Waals surface area contributed by atoms with Gasteiger partial charge in [0.05, 0.1) is 0 Å². The quantitative estimate of drug-likeness (QED) is 0.850. The molecule has 1 aliphatic heterocycles. The lowest BCUT2D eigenvalue weighted by Crippen LogP contribution is -2.57. The third-order valence-corrected chi connectivity index (χ3v) is 5.50. The smallest absolute Gasteiger partial charge is 0.0465 e. The monoisotopic (exact) mass is 328 g/mol. The molecule has 0 radical (unpaired) electrons. The van der Waals surface area contributed by atoms with Crippen LogP contribution in [0.25, 0.3) is 0 Å². The van der Waals surface area contributed by atoms with Gasteiger partial charge in [-0.05, 0) is 24.5 Å². The van der Waals surface area contributed by atoms with Crippen molar-refractivity contribution in [2.45, 2.75) is 52.2 Å². The zero-order chi connectivity index (χ0) is 15.4. The average Bonchev–Trinajstić information content (AvgIpc) is 2.50. The van der Waals surface area contributed by atoms with Gasteiger partial charge in [-0.1, -0.05) is 56.5 Å². The van der Waals surface area contributed by atoms with Crippen molar-refractivity contribution in [1.82, 2.24) is 10.2 Å². The number of hydrogen-bond acceptors (Lipinski definition) is 2. The topological polar surface area (TPSA) is 15.3 Å². The van der Waals surface area contributed by atoms with Gasteiger partial charge in [-0.2, -0.15) is 0 Å². The molecular formula is C17H26Cl2N2. The van der Waals surface area contributed by atoms with E-state index in [-0.39, 0.29) is 0 Å². The van der Waals surface area contributed by atoms with Crippen molar-refractivity contribution in [2.24, 2.45) is 5.92 Å². The third kappa shape index (κ3) is 4.13. The highest BCUT2D eigenvalue weighted by atomic mass is 35.5. The van der Waals surface area contributed by atoms with Crippen LogP contribution < -0.4 is 5.32 Å². The molecule has 4 heteroatoms. The molecule has 0 bridgehead atoms. The van der Waals surface area contributed by atoms with Crippen LogP contribution in [0.3, 0.4) is 0 Å². The van der Waals surface area contributed by atoms with Gasteiger partial charge in [-0.15, -0.1) is 0 Å². The summed E-state index contributed by atoms with van der Waals surface area (Å²) in [6, 6.07) is 6.87. The first-order chi connectivity index (χ1) is 10.1. The molecule has 1 heterocycles. The Morgan fingerprint density at radius 1 is 1.29 bits per heavy atom. The van der Waals surface area contributed by atoms with E-state index in [0.717, 1.165) is 41.7 Å². The molecule has 1 aromatic carbocycles. The second kappa shape index (κ2) is 7.82. The predicted octanol–water partition coefficient (Wildman–Crippen LogP) is 4.59. The van der Waals surface area contributed by atoms with Gasteiger partial charge in [0.25, 0.3) is 0 Å². The molecular weight excluding hydrogens is 303 g/mol. The lowest BCUT2D eigenvalue weighted by molar-refractivity contribution is 0.0994. The second-order valence-corrected chi connectivity index (χ2v) is 6.91. The van der Waals surface area contributed by atoms with Crippen molar-refractivity contribution in [3.8, 4) is 0 Å². The Kier molecular flexibility index (Phi) is 6.36. The van der Waals surface area contributed by atoms with E-state index in [1.165, 1.54) is 6.42 Å². The van der Waals surface area contributed by atoms with Crippen LogP contribution in [0.5, 0.6) is 0 Å². The fourth-order valence-corrected chi connectivity index (χ4v) is 3.55. The van der Waals surface area contributed by atoms with E-state index in [1.54, 1.807) is 0 Å². The highest BCUT2D eigenvalue weighted by Gasteiger charge is 2.29. The maximum atomic E-state index is 6.34. The number of rotatable bonds is 5. The van der Waals surface area contributed by atoms with Crippen molar-refractivity contribution in [2.75, 3.05) is 13.1 Å². The molecule has 2 rings (SSSR count). The molecule has 1 N–H and O–H groups in total. The van der Waals surface area contributed by atoms with Gasteiger partial charge in [-0.3, -0.25) is 4.90 Å². The highest BCUT2D eigenvalue weighted by molar-refractivity contribution is 6.35. The first-order valence-corrected chi connectivity index (χ1v) is 8.72. The van der Waals surface area contributed by atoms with E-state index in [2.05, 4.69) is 31.0 Å². The lowest BCUT2D eigenvalue weighted by Gasteiger charge is -2.42. The molecule has 3 unspecified atom stereocenters. The van der Waals surface area contributed by atoms with E-state index >= 15 is 0 Å². The molecule has 3 atom stereocenters. The summed E-state index contributed by atoms with van der Waals surface area (Å²) in [5, 5.41) is 5.26. The van der Waals surface area contributed by atoms with Gasteiger partial charge in [-0.25, -0.2) is 0 Å². The van der Waals surface area contributed by atoms with Crippen molar-refractivity contribution >= 4 is 23.2 Å². The highest BCUT2D eigenvalue weighted by Crippen LogP contribution is 2.28. The molecule has 1 fully saturated rings. The van der Waals surface area contributed by atoms with Gasteiger partial charge in [0.2, 0.25) is 0 Å².